The largest absolute Gasteiger partial charge is 0.490 e. The molecule has 0 aliphatic carbocycles. The Morgan fingerprint density at radius 1 is 1.14 bits per heavy atom. The zero-order valence-corrected chi connectivity index (χ0v) is 13.0. The molecule has 2 aromatic carbocycles. The molecule has 0 radical (unpaired) electrons. The molecule has 0 saturated heterocycles. The molecule has 4 heteroatoms. The van der Waals surface area contributed by atoms with E-state index in [-0.39, 0.29) is 6.61 Å². The van der Waals surface area contributed by atoms with Crippen molar-refractivity contribution in [1.82, 2.24) is 5.32 Å². The molecule has 0 bridgehead atoms. The fourth-order valence-electron chi connectivity index (χ4n) is 2.12. The molecule has 3 nitrogen and oxygen atoms in total. The summed E-state index contributed by atoms with van der Waals surface area (Å²) in [7, 11) is 1.85. The van der Waals surface area contributed by atoms with Gasteiger partial charge in [-0.15, -0.1) is 0 Å². The number of nitrogens with one attached hydrogen (secondary N) is 1. The molecule has 0 aliphatic heterocycles. The average molecular weight is 306 g/mol. The number of rotatable bonds is 6. The van der Waals surface area contributed by atoms with Crippen LogP contribution >= 0.6 is 11.6 Å². The molecule has 0 fully saturated rings. The van der Waals surface area contributed by atoms with E-state index < -0.39 is 5.60 Å². The van der Waals surface area contributed by atoms with E-state index in [4.69, 9.17) is 16.3 Å². The van der Waals surface area contributed by atoms with Gasteiger partial charge in [-0.25, -0.2) is 0 Å². The predicted octanol–water partition coefficient (Wildman–Crippen LogP) is 3.35. The van der Waals surface area contributed by atoms with E-state index in [0.29, 0.717) is 17.3 Å². The number of hydrogen-bond acceptors (Lipinski definition) is 3. The van der Waals surface area contributed by atoms with Crippen molar-refractivity contribution in [3.63, 3.8) is 0 Å². The van der Waals surface area contributed by atoms with Gasteiger partial charge in [-0.2, -0.15) is 0 Å². The van der Waals surface area contributed by atoms with Gasteiger partial charge in [-0.3, -0.25) is 0 Å². The van der Waals surface area contributed by atoms with E-state index in [2.05, 4.69) is 5.32 Å². The van der Waals surface area contributed by atoms with Gasteiger partial charge in [0.2, 0.25) is 0 Å². The van der Waals surface area contributed by atoms with Crippen molar-refractivity contribution in [2.75, 3.05) is 13.7 Å². The fraction of sp³-hybridized carbons (Fsp3) is 0.294. The molecular weight excluding hydrogens is 286 g/mol. The Hall–Kier alpha value is -1.55. The molecule has 2 N–H and O–H groups in total. The van der Waals surface area contributed by atoms with Crippen LogP contribution in [-0.2, 0) is 12.1 Å². The van der Waals surface area contributed by atoms with Crippen LogP contribution in [-0.4, -0.2) is 18.8 Å². The first kappa shape index (κ1) is 15.8. The second-order valence-electron chi connectivity index (χ2n) is 5.18. The summed E-state index contributed by atoms with van der Waals surface area (Å²) < 4.78 is 5.82. The highest BCUT2D eigenvalue weighted by molar-refractivity contribution is 6.31. The second kappa shape index (κ2) is 6.94. The number of aliphatic hydroxyl groups is 1. The lowest BCUT2D eigenvalue weighted by Gasteiger charge is -2.25. The maximum atomic E-state index is 10.6. The van der Waals surface area contributed by atoms with Crippen LogP contribution in [0.2, 0.25) is 5.02 Å². The van der Waals surface area contributed by atoms with E-state index in [1.54, 1.807) is 6.92 Å². The van der Waals surface area contributed by atoms with Crippen LogP contribution < -0.4 is 10.1 Å². The van der Waals surface area contributed by atoms with E-state index >= 15 is 0 Å². The van der Waals surface area contributed by atoms with Crippen molar-refractivity contribution in [3.8, 4) is 5.75 Å². The lowest BCUT2D eigenvalue weighted by Crippen LogP contribution is -2.29. The van der Waals surface area contributed by atoms with Crippen molar-refractivity contribution in [3.05, 3.63) is 64.7 Å². The summed E-state index contributed by atoms with van der Waals surface area (Å²) in [6.07, 6.45) is 0. The Kier molecular flexibility index (Phi) is 5.23. The molecule has 0 saturated carbocycles. The van der Waals surface area contributed by atoms with Crippen LogP contribution in [0.1, 0.15) is 18.1 Å². The smallest absolute Gasteiger partial charge is 0.125 e. The van der Waals surface area contributed by atoms with Crippen molar-refractivity contribution < 1.29 is 9.84 Å². The van der Waals surface area contributed by atoms with E-state index in [9.17, 15) is 5.11 Å². The van der Waals surface area contributed by atoms with Gasteiger partial charge in [0.1, 0.15) is 18.0 Å². The van der Waals surface area contributed by atoms with Gasteiger partial charge in [0, 0.05) is 17.1 Å². The lowest BCUT2D eigenvalue weighted by atomic mass is 9.97. The molecule has 0 aliphatic rings. The number of hydrogen-bond donors (Lipinski definition) is 2. The fourth-order valence-corrected chi connectivity index (χ4v) is 2.35. The first-order valence-electron chi connectivity index (χ1n) is 6.87. The molecule has 2 aromatic rings. The molecule has 112 valence electrons. The molecule has 2 rings (SSSR count). The third kappa shape index (κ3) is 3.97. The van der Waals surface area contributed by atoms with Gasteiger partial charge < -0.3 is 15.2 Å². The van der Waals surface area contributed by atoms with Crippen molar-refractivity contribution in [2.45, 2.75) is 19.1 Å². The third-order valence-corrected chi connectivity index (χ3v) is 3.69. The first-order chi connectivity index (χ1) is 10.0. The molecule has 0 aromatic heterocycles. The molecule has 0 spiro atoms. The maximum absolute atomic E-state index is 10.6. The summed E-state index contributed by atoms with van der Waals surface area (Å²) in [5, 5.41) is 14.3. The summed E-state index contributed by atoms with van der Waals surface area (Å²) in [5.74, 6) is 0.688. The van der Waals surface area contributed by atoms with Crippen LogP contribution in [0, 0.1) is 0 Å². The zero-order valence-electron chi connectivity index (χ0n) is 12.3. The van der Waals surface area contributed by atoms with Gasteiger partial charge in [-0.1, -0.05) is 48.0 Å². The summed E-state index contributed by atoms with van der Waals surface area (Å²) in [6.45, 7) is 2.52. The van der Waals surface area contributed by atoms with Gasteiger partial charge in [-0.05, 0) is 31.7 Å². The van der Waals surface area contributed by atoms with Gasteiger partial charge >= 0.3 is 0 Å². The summed E-state index contributed by atoms with van der Waals surface area (Å²) >= 11 is 6.19. The molecular formula is C17H20ClNO2. The van der Waals surface area contributed by atoms with Gasteiger partial charge in [0.25, 0.3) is 0 Å². The van der Waals surface area contributed by atoms with E-state index in [1.807, 2.05) is 55.6 Å². The summed E-state index contributed by atoms with van der Waals surface area (Å²) in [5.41, 5.74) is 0.660. The number of benzene rings is 2. The van der Waals surface area contributed by atoms with Gasteiger partial charge in [0.15, 0.2) is 0 Å². The lowest BCUT2D eigenvalue weighted by molar-refractivity contribution is 0.00729. The minimum atomic E-state index is -1.06. The van der Waals surface area contributed by atoms with Crippen LogP contribution in [0.15, 0.2) is 48.5 Å². The highest BCUT2D eigenvalue weighted by Gasteiger charge is 2.24. The monoisotopic (exact) mass is 305 g/mol. The molecule has 0 amide bonds. The third-order valence-electron chi connectivity index (χ3n) is 3.33. The van der Waals surface area contributed by atoms with E-state index in [0.717, 1.165) is 11.1 Å². The molecule has 1 unspecified atom stereocenters. The Labute approximate surface area is 130 Å². The number of ether oxygens (including phenoxy) is 1. The first-order valence-corrected chi connectivity index (χ1v) is 7.25. The quantitative estimate of drug-likeness (QED) is 0.860. The Balaban J connectivity index is 2.14. The highest BCUT2D eigenvalue weighted by atomic mass is 35.5. The summed E-state index contributed by atoms with van der Waals surface area (Å²) in [6, 6.07) is 15.0. The second-order valence-corrected chi connectivity index (χ2v) is 5.58. The SMILES string of the molecule is CNCc1c(Cl)cccc1OCC(C)(O)c1ccccc1. The number of halogens is 1. The highest BCUT2D eigenvalue weighted by Crippen LogP contribution is 2.28. The Bertz CT molecular complexity index is 585. The molecule has 21 heavy (non-hydrogen) atoms. The normalized spacial score (nSPS) is 13.7. The van der Waals surface area contributed by atoms with E-state index in [1.165, 1.54) is 0 Å². The van der Waals surface area contributed by atoms with Gasteiger partial charge in [0.05, 0.1) is 0 Å². The molecule has 0 heterocycles. The van der Waals surface area contributed by atoms with Crippen molar-refractivity contribution in [2.24, 2.45) is 0 Å². The maximum Gasteiger partial charge on any atom is 0.125 e. The minimum absolute atomic E-state index is 0.161. The average Bonchev–Trinajstić information content (AvgIpc) is 2.49. The standard InChI is InChI=1S/C17H20ClNO2/c1-17(20,13-7-4-3-5-8-13)12-21-16-10-6-9-15(18)14(16)11-19-2/h3-10,19-20H,11-12H2,1-2H3. The Morgan fingerprint density at radius 2 is 1.86 bits per heavy atom. The topological polar surface area (TPSA) is 41.5 Å². The minimum Gasteiger partial charge on any atom is -0.490 e. The van der Waals surface area contributed by atoms with Crippen molar-refractivity contribution >= 4 is 11.6 Å². The zero-order chi connectivity index (χ0) is 15.3. The van der Waals surface area contributed by atoms with Crippen LogP contribution in [0.5, 0.6) is 5.75 Å². The van der Waals surface area contributed by atoms with Crippen molar-refractivity contribution in [1.29, 1.82) is 0 Å². The molecule has 1 atom stereocenters. The summed E-state index contributed by atoms with van der Waals surface area (Å²) in [4.78, 5) is 0. The van der Waals surface area contributed by atoms with Crippen LogP contribution in [0.4, 0.5) is 0 Å². The predicted molar refractivity (Wildman–Crippen MR) is 85.7 cm³/mol. The van der Waals surface area contributed by atoms with Crippen LogP contribution in [0.3, 0.4) is 0 Å². The van der Waals surface area contributed by atoms with Crippen LogP contribution in [0.25, 0.3) is 0 Å². The Morgan fingerprint density at radius 3 is 2.52 bits per heavy atom.